The molecular weight excluding hydrogens is 400 g/mol. The van der Waals surface area contributed by atoms with Gasteiger partial charge in [-0.3, -0.25) is 9.59 Å². The molecule has 1 aliphatic rings. The Morgan fingerprint density at radius 3 is 2.84 bits per heavy atom. The molecule has 160 valence electrons. The highest BCUT2D eigenvalue weighted by molar-refractivity contribution is 5.76. The molecule has 31 heavy (non-hydrogen) atoms. The van der Waals surface area contributed by atoms with E-state index in [0.717, 1.165) is 16.9 Å². The molecule has 0 spiro atoms. The van der Waals surface area contributed by atoms with Crippen LogP contribution in [0.5, 0.6) is 17.2 Å². The molecule has 0 saturated carbocycles. The standard InChI is InChI=1S/C22H22N4O5/c1-29-16-4-2-3-14(9-16)11-20-24-22(28)17(25-26-20)6-8-21(27)23-12-15-5-7-18-19(10-15)31-13-30-18/h2-5,7,9-10H,6,8,11-13H2,1H3,(H,23,27)(H,24,26,28). The highest BCUT2D eigenvalue weighted by Crippen LogP contribution is 2.32. The van der Waals surface area contributed by atoms with Gasteiger partial charge in [0.25, 0.3) is 5.56 Å². The number of nitrogens with zero attached hydrogens (tertiary/aromatic N) is 2. The number of aryl methyl sites for hydroxylation is 1. The molecule has 0 bridgehead atoms. The third-order valence-corrected chi connectivity index (χ3v) is 4.83. The molecule has 1 amide bonds. The van der Waals surface area contributed by atoms with Gasteiger partial charge in [-0.2, -0.15) is 0 Å². The SMILES string of the molecule is COc1cccc(Cc2nnc(CCC(=O)NCc3ccc4c(c3)OCO4)c(=O)[nH]2)c1. The summed E-state index contributed by atoms with van der Waals surface area (Å²) in [5.41, 5.74) is 1.74. The summed E-state index contributed by atoms with van der Waals surface area (Å²) in [5, 5.41) is 10.9. The molecule has 9 heteroatoms. The maximum absolute atomic E-state index is 12.3. The van der Waals surface area contributed by atoms with Gasteiger partial charge in [0.2, 0.25) is 12.7 Å². The largest absolute Gasteiger partial charge is 0.497 e. The molecule has 9 nitrogen and oxygen atoms in total. The van der Waals surface area contributed by atoms with Crippen LogP contribution in [-0.4, -0.2) is 35.0 Å². The Kier molecular flexibility index (Phi) is 6.11. The van der Waals surface area contributed by atoms with Crippen LogP contribution in [0.2, 0.25) is 0 Å². The number of rotatable bonds is 8. The Bertz CT molecular complexity index is 1140. The smallest absolute Gasteiger partial charge is 0.272 e. The van der Waals surface area contributed by atoms with Crippen LogP contribution in [0.4, 0.5) is 0 Å². The summed E-state index contributed by atoms with van der Waals surface area (Å²) < 4.78 is 15.8. The predicted molar refractivity (Wildman–Crippen MR) is 111 cm³/mol. The van der Waals surface area contributed by atoms with Crippen LogP contribution in [0, 0.1) is 0 Å². The monoisotopic (exact) mass is 422 g/mol. The minimum absolute atomic E-state index is 0.136. The van der Waals surface area contributed by atoms with Gasteiger partial charge < -0.3 is 24.5 Å². The lowest BCUT2D eigenvalue weighted by atomic mass is 10.1. The van der Waals surface area contributed by atoms with E-state index in [1.807, 2.05) is 42.5 Å². The Balaban J connectivity index is 1.29. The van der Waals surface area contributed by atoms with E-state index in [4.69, 9.17) is 14.2 Å². The molecule has 2 N–H and O–H groups in total. The first kappa shape index (κ1) is 20.4. The van der Waals surface area contributed by atoms with Gasteiger partial charge in [-0.25, -0.2) is 0 Å². The number of fused-ring (bicyclic) bond motifs is 1. The maximum Gasteiger partial charge on any atom is 0.272 e. The number of aromatic amines is 1. The molecule has 2 heterocycles. The first-order valence-electron chi connectivity index (χ1n) is 9.83. The van der Waals surface area contributed by atoms with E-state index < -0.39 is 0 Å². The molecular formula is C22H22N4O5. The normalized spacial score (nSPS) is 11.9. The first-order valence-corrected chi connectivity index (χ1v) is 9.83. The second kappa shape index (κ2) is 9.29. The van der Waals surface area contributed by atoms with Gasteiger partial charge in [0.15, 0.2) is 11.5 Å². The summed E-state index contributed by atoms with van der Waals surface area (Å²) in [6.45, 7) is 0.566. The first-order chi connectivity index (χ1) is 15.1. The van der Waals surface area contributed by atoms with Gasteiger partial charge >= 0.3 is 0 Å². The molecule has 0 unspecified atom stereocenters. The molecule has 1 aliphatic heterocycles. The number of aromatic nitrogens is 3. The number of hydrogen-bond acceptors (Lipinski definition) is 7. The van der Waals surface area contributed by atoms with E-state index in [-0.39, 0.29) is 36.8 Å². The zero-order valence-electron chi connectivity index (χ0n) is 17.0. The zero-order chi connectivity index (χ0) is 21.6. The Morgan fingerprint density at radius 1 is 1.13 bits per heavy atom. The number of benzene rings is 2. The summed E-state index contributed by atoms with van der Waals surface area (Å²) >= 11 is 0. The van der Waals surface area contributed by atoms with Crippen molar-refractivity contribution in [1.82, 2.24) is 20.5 Å². The number of ether oxygens (including phenoxy) is 3. The average molecular weight is 422 g/mol. The van der Waals surface area contributed by atoms with Gasteiger partial charge in [0.1, 0.15) is 17.3 Å². The van der Waals surface area contributed by atoms with Gasteiger partial charge in [-0.1, -0.05) is 18.2 Å². The minimum atomic E-state index is -0.337. The van der Waals surface area contributed by atoms with Crippen LogP contribution in [0.1, 0.15) is 29.1 Å². The molecule has 0 radical (unpaired) electrons. The number of carbonyl (C=O) groups excluding carboxylic acids is 1. The minimum Gasteiger partial charge on any atom is -0.497 e. The molecule has 3 aromatic rings. The van der Waals surface area contributed by atoms with E-state index in [1.165, 1.54) is 0 Å². The number of H-pyrrole nitrogens is 1. The van der Waals surface area contributed by atoms with Crippen LogP contribution >= 0.6 is 0 Å². The number of hydrogen-bond donors (Lipinski definition) is 2. The fourth-order valence-electron chi connectivity index (χ4n) is 3.19. The second-order valence-electron chi connectivity index (χ2n) is 7.04. The summed E-state index contributed by atoms with van der Waals surface area (Å²) in [5.74, 6) is 2.37. The van der Waals surface area contributed by atoms with E-state index in [9.17, 15) is 9.59 Å². The molecule has 0 fully saturated rings. The number of amides is 1. The molecule has 2 aromatic carbocycles. The molecule has 1 aromatic heterocycles. The van der Waals surface area contributed by atoms with Crippen LogP contribution in [0.25, 0.3) is 0 Å². The predicted octanol–water partition coefficient (Wildman–Crippen LogP) is 1.74. The lowest BCUT2D eigenvalue weighted by Crippen LogP contribution is -2.25. The Hall–Kier alpha value is -3.88. The highest BCUT2D eigenvalue weighted by atomic mass is 16.7. The van der Waals surface area contributed by atoms with E-state index >= 15 is 0 Å². The van der Waals surface area contributed by atoms with Crippen molar-refractivity contribution in [2.24, 2.45) is 0 Å². The zero-order valence-corrected chi connectivity index (χ0v) is 17.0. The van der Waals surface area contributed by atoms with Crippen molar-refractivity contribution in [2.75, 3.05) is 13.9 Å². The fraction of sp³-hybridized carbons (Fsp3) is 0.273. The lowest BCUT2D eigenvalue weighted by molar-refractivity contribution is -0.121. The van der Waals surface area contributed by atoms with Crippen LogP contribution < -0.4 is 25.1 Å². The van der Waals surface area contributed by atoms with Crippen LogP contribution in [0.15, 0.2) is 47.3 Å². The third kappa shape index (κ3) is 5.19. The Labute approximate surface area is 178 Å². The van der Waals surface area contributed by atoms with E-state index in [1.54, 1.807) is 7.11 Å². The third-order valence-electron chi connectivity index (χ3n) is 4.83. The summed E-state index contributed by atoms with van der Waals surface area (Å²) in [7, 11) is 1.60. The van der Waals surface area contributed by atoms with Crippen molar-refractivity contribution in [3.05, 3.63) is 75.5 Å². The highest BCUT2D eigenvalue weighted by Gasteiger charge is 2.14. The van der Waals surface area contributed by atoms with Crippen molar-refractivity contribution in [2.45, 2.75) is 25.8 Å². The van der Waals surface area contributed by atoms with Crippen molar-refractivity contribution in [1.29, 1.82) is 0 Å². The summed E-state index contributed by atoms with van der Waals surface area (Å²) in [6.07, 6.45) is 0.766. The number of nitrogens with one attached hydrogen (secondary N) is 2. The van der Waals surface area contributed by atoms with Gasteiger partial charge in [0.05, 0.1) is 7.11 Å². The van der Waals surface area contributed by atoms with E-state index in [0.29, 0.717) is 30.3 Å². The number of carbonyl (C=O) groups is 1. The van der Waals surface area contributed by atoms with Crippen LogP contribution in [0.3, 0.4) is 0 Å². The molecule has 0 saturated heterocycles. The maximum atomic E-state index is 12.3. The van der Waals surface area contributed by atoms with Gasteiger partial charge in [0, 0.05) is 25.8 Å². The van der Waals surface area contributed by atoms with Crippen molar-refractivity contribution in [3.8, 4) is 17.2 Å². The topological polar surface area (TPSA) is 115 Å². The summed E-state index contributed by atoms with van der Waals surface area (Å²) in [4.78, 5) is 27.2. The number of methoxy groups -OCH3 is 1. The molecule has 4 rings (SSSR count). The molecule has 0 atom stereocenters. The lowest BCUT2D eigenvalue weighted by Gasteiger charge is -2.07. The van der Waals surface area contributed by atoms with E-state index in [2.05, 4.69) is 20.5 Å². The molecule has 0 aliphatic carbocycles. The van der Waals surface area contributed by atoms with Crippen LogP contribution in [-0.2, 0) is 24.2 Å². The van der Waals surface area contributed by atoms with Crippen molar-refractivity contribution in [3.63, 3.8) is 0 Å². The average Bonchev–Trinajstić information content (AvgIpc) is 3.25. The van der Waals surface area contributed by atoms with Gasteiger partial charge in [-0.05, 0) is 35.4 Å². The van der Waals surface area contributed by atoms with Gasteiger partial charge in [-0.15, -0.1) is 10.2 Å². The summed E-state index contributed by atoms with van der Waals surface area (Å²) in [6, 6.07) is 13.0. The fourth-order valence-corrected chi connectivity index (χ4v) is 3.19. The second-order valence-corrected chi connectivity index (χ2v) is 7.04. The van der Waals surface area contributed by atoms with Crippen molar-refractivity contribution < 1.29 is 19.0 Å². The van der Waals surface area contributed by atoms with Crippen molar-refractivity contribution >= 4 is 5.91 Å². The Morgan fingerprint density at radius 2 is 2.00 bits per heavy atom. The quantitative estimate of drug-likeness (QED) is 0.568.